The third-order valence-electron chi connectivity index (χ3n) is 4.46. The maximum absolute atomic E-state index is 12.2. The van der Waals surface area contributed by atoms with E-state index in [1.54, 1.807) is 0 Å². The van der Waals surface area contributed by atoms with Crippen LogP contribution >= 0.6 is 0 Å². The lowest BCUT2D eigenvalue weighted by atomic mass is 10.1. The number of sulfone groups is 1. The average molecular weight is 494 g/mol. The topological polar surface area (TPSA) is 215 Å². The Kier molecular flexibility index (Phi) is 6.64. The van der Waals surface area contributed by atoms with Gasteiger partial charge in [0, 0.05) is 11.1 Å². The van der Waals surface area contributed by atoms with Crippen LogP contribution < -0.4 is 16.8 Å². The molecule has 3 aromatic rings. The maximum atomic E-state index is 12.2. The SMILES string of the molecule is NC(=O)Nc1ccc(/N=N/c2ccc3cc(S(=O)(=O)CCO)ccc3c2S(=O)(=O)O)c(N)c1. The number of nitrogens with one attached hydrogen (secondary N) is 1. The van der Waals surface area contributed by atoms with Crippen LogP contribution in [0.1, 0.15) is 0 Å². The number of anilines is 2. The Morgan fingerprint density at radius 2 is 1.64 bits per heavy atom. The molecule has 0 aliphatic rings. The molecular weight excluding hydrogens is 474 g/mol. The fraction of sp³-hybridized carbons (Fsp3) is 0.105. The molecule has 3 rings (SSSR count). The first-order valence-electron chi connectivity index (χ1n) is 9.18. The zero-order valence-electron chi connectivity index (χ0n) is 16.8. The number of aliphatic hydroxyl groups excluding tert-OH is 1. The van der Waals surface area contributed by atoms with Gasteiger partial charge >= 0.3 is 6.03 Å². The predicted molar refractivity (Wildman–Crippen MR) is 121 cm³/mol. The van der Waals surface area contributed by atoms with Crippen LogP contribution in [-0.4, -0.2) is 44.9 Å². The summed E-state index contributed by atoms with van der Waals surface area (Å²) in [7, 11) is -8.56. The van der Waals surface area contributed by atoms with E-state index in [2.05, 4.69) is 15.5 Å². The monoisotopic (exact) mass is 493 g/mol. The lowest BCUT2D eigenvalue weighted by Gasteiger charge is -2.09. The van der Waals surface area contributed by atoms with Crippen LogP contribution in [0.15, 0.2) is 68.6 Å². The number of benzene rings is 3. The van der Waals surface area contributed by atoms with Crippen molar-refractivity contribution in [2.75, 3.05) is 23.4 Å². The number of rotatable bonds is 7. The van der Waals surface area contributed by atoms with Gasteiger partial charge in [-0.2, -0.15) is 8.42 Å². The van der Waals surface area contributed by atoms with Crippen molar-refractivity contribution in [2.45, 2.75) is 9.79 Å². The minimum absolute atomic E-state index is 0.0193. The molecule has 174 valence electrons. The molecule has 2 amide bonds. The number of azo groups is 1. The van der Waals surface area contributed by atoms with Crippen molar-refractivity contribution in [1.82, 2.24) is 0 Å². The summed E-state index contributed by atoms with van der Waals surface area (Å²) in [6, 6.07) is 9.74. The molecule has 0 atom stereocenters. The molecule has 0 saturated heterocycles. The molecule has 33 heavy (non-hydrogen) atoms. The van der Waals surface area contributed by atoms with Crippen LogP contribution in [0.5, 0.6) is 0 Å². The Morgan fingerprint density at radius 1 is 0.970 bits per heavy atom. The van der Waals surface area contributed by atoms with Gasteiger partial charge in [-0.1, -0.05) is 12.1 Å². The second kappa shape index (κ2) is 9.11. The molecule has 0 saturated carbocycles. The van der Waals surface area contributed by atoms with Gasteiger partial charge in [-0.15, -0.1) is 10.2 Å². The summed E-state index contributed by atoms with van der Waals surface area (Å²) >= 11 is 0. The van der Waals surface area contributed by atoms with Crippen molar-refractivity contribution >= 4 is 59.5 Å². The number of nitrogens with two attached hydrogens (primary N) is 2. The fourth-order valence-electron chi connectivity index (χ4n) is 3.02. The highest BCUT2D eigenvalue weighted by Gasteiger charge is 2.22. The van der Waals surface area contributed by atoms with Crippen LogP contribution in [-0.2, 0) is 20.0 Å². The first kappa shape index (κ1) is 24.1. The number of amides is 2. The van der Waals surface area contributed by atoms with Gasteiger partial charge in [-0.3, -0.25) is 4.55 Å². The quantitative estimate of drug-likeness (QED) is 0.186. The van der Waals surface area contributed by atoms with Gasteiger partial charge < -0.3 is 21.9 Å². The van der Waals surface area contributed by atoms with Crippen molar-refractivity contribution in [3.8, 4) is 0 Å². The zero-order valence-corrected chi connectivity index (χ0v) is 18.5. The maximum Gasteiger partial charge on any atom is 0.316 e. The average Bonchev–Trinajstić information content (AvgIpc) is 2.71. The van der Waals surface area contributed by atoms with Crippen molar-refractivity contribution in [3.05, 3.63) is 48.5 Å². The van der Waals surface area contributed by atoms with E-state index in [9.17, 15) is 26.2 Å². The van der Waals surface area contributed by atoms with Gasteiger partial charge in [-0.25, -0.2) is 13.2 Å². The van der Waals surface area contributed by atoms with E-state index < -0.39 is 43.2 Å². The fourth-order valence-corrected chi connectivity index (χ4v) is 4.92. The van der Waals surface area contributed by atoms with E-state index >= 15 is 0 Å². The highest BCUT2D eigenvalue weighted by Crippen LogP contribution is 2.35. The van der Waals surface area contributed by atoms with E-state index in [0.717, 1.165) is 0 Å². The minimum Gasteiger partial charge on any atom is -0.397 e. The molecule has 0 bridgehead atoms. The number of hydrogen-bond donors (Lipinski definition) is 5. The Labute approximate surface area is 188 Å². The van der Waals surface area contributed by atoms with Crippen LogP contribution in [0, 0.1) is 0 Å². The van der Waals surface area contributed by atoms with Crippen LogP contribution in [0.25, 0.3) is 10.8 Å². The van der Waals surface area contributed by atoms with Crippen molar-refractivity contribution in [3.63, 3.8) is 0 Å². The summed E-state index contributed by atoms with van der Waals surface area (Å²) in [6.07, 6.45) is 0. The molecule has 0 radical (unpaired) electrons. The molecule has 14 heteroatoms. The van der Waals surface area contributed by atoms with Gasteiger partial charge in [0.05, 0.1) is 22.9 Å². The molecule has 7 N–H and O–H groups in total. The minimum atomic E-state index is -4.79. The van der Waals surface area contributed by atoms with E-state index in [0.29, 0.717) is 5.69 Å². The molecule has 3 aromatic carbocycles. The van der Waals surface area contributed by atoms with Gasteiger partial charge in [0.25, 0.3) is 10.1 Å². The van der Waals surface area contributed by atoms with Gasteiger partial charge in [0.2, 0.25) is 0 Å². The number of urea groups is 1. The van der Waals surface area contributed by atoms with E-state index in [-0.39, 0.29) is 32.7 Å². The summed E-state index contributed by atoms with van der Waals surface area (Å²) < 4.78 is 58.4. The first-order chi connectivity index (χ1) is 15.4. The highest BCUT2D eigenvalue weighted by molar-refractivity contribution is 7.91. The van der Waals surface area contributed by atoms with Crippen LogP contribution in [0.4, 0.5) is 27.5 Å². The number of carbonyl (C=O) groups excluding carboxylic acids is 1. The van der Waals surface area contributed by atoms with Gasteiger partial charge in [0.1, 0.15) is 16.3 Å². The Balaban J connectivity index is 2.09. The van der Waals surface area contributed by atoms with Crippen molar-refractivity contribution in [2.24, 2.45) is 16.0 Å². The molecule has 0 aromatic heterocycles. The van der Waals surface area contributed by atoms with Gasteiger partial charge in [-0.05, 0) is 41.8 Å². The summed E-state index contributed by atoms with van der Waals surface area (Å²) in [6.45, 7) is -0.571. The summed E-state index contributed by atoms with van der Waals surface area (Å²) in [4.78, 5) is 10.2. The number of nitrogen functional groups attached to an aromatic ring is 1. The second-order valence-corrected chi connectivity index (χ2v) is 10.2. The smallest absolute Gasteiger partial charge is 0.316 e. The first-order valence-corrected chi connectivity index (χ1v) is 12.3. The summed E-state index contributed by atoms with van der Waals surface area (Å²) in [5, 5.41) is 19.3. The van der Waals surface area contributed by atoms with Crippen LogP contribution in [0.3, 0.4) is 0 Å². The van der Waals surface area contributed by atoms with E-state index in [1.165, 1.54) is 48.5 Å². The molecule has 0 aliphatic heterocycles. The van der Waals surface area contributed by atoms with Crippen LogP contribution in [0.2, 0.25) is 0 Å². The number of carbonyl (C=O) groups is 1. The number of aliphatic hydroxyl groups is 1. The summed E-state index contributed by atoms with van der Waals surface area (Å²) in [5.74, 6) is -0.495. The normalized spacial score (nSPS) is 12.3. The molecule has 0 heterocycles. The predicted octanol–water partition coefficient (Wildman–Crippen LogP) is 2.34. The molecule has 0 unspecified atom stereocenters. The highest BCUT2D eigenvalue weighted by atomic mass is 32.2. The number of primary amides is 1. The largest absolute Gasteiger partial charge is 0.397 e. The van der Waals surface area contributed by atoms with E-state index in [4.69, 9.17) is 16.6 Å². The van der Waals surface area contributed by atoms with E-state index in [1.807, 2.05) is 0 Å². The lowest BCUT2D eigenvalue weighted by molar-refractivity contribution is 0.259. The van der Waals surface area contributed by atoms with Gasteiger partial charge in [0.15, 0.2) is 9.84 Å². The molecular formula is C19H19N5O7S2. The standard InChI is InChI=1S/C19H19N5O7S2/c20-15-10-12(22-19(21)26)2-6-16(15)23-24-17-5-1-11-9-13(32(27,28)8-7-25)3-4-14(11)18(17)33(29,30)31/h1-6,9-10,25H,7-8,20H2,(H3,21,22,26)(H,29,30,31)/b24-23+. The Hall–Kier alpha value is -3.59. The number of nitrogens with zero attached hydrogens (tertiary/aromatic N) is 2. The Morgan fingerprint density at radius 3 is 2.24 bits per heavy atom. The zero-order chi connectivity index (χ0) is 24.4. The third-order valence-corrected chi connectivity index (χ3v) is 7.10. The molecule has 0 fully saturated rings. The van der Waals surface area contributed by atoms with Crippen molar-refractivity contribution < 1.29 is 31.3 Å². The number of fused-ring (bicyclic) bond motifs is 1. The lowest BCUT2D eigenvalue weighted by Crippen LogP contribution is -2.19. The second-order valence-electron chi connectivity index (χ2n) is 6.78. The molecule has 12 nitrogen and oxygen atoms in total. The molecule has 0 spiro atoms. The molecule has 0 aliphatic carbocycles. The Bertz CT molecular complexity index is 1490. The summed E-state index contributed by atoms with van der Waals surface area (Å²) in [5.41, 5.74) is 11.3. The number of hydrogen-bond acceptors (Lipinski definition) is 9. The third kappa shape index (κ3) is 5.43. The van der Waals surface area contributed by atoms with Crippen molar-refractivity contribution in [1.29, 1.82) is 0 Å².